The summed E-state index contributed by atoms with van der Waals surface area (Å²) in [6.07, 6.45) is -1.21. The van der Waals surface area contributed by atoms with Crippen LogP contribution in [0.4, 0.5) is 0 Å². The highest BCUT2D eigenvalue weighted by molar-refractivity contribution is 14.1. The maximum Gasteiger partial charge on any atom is 0.346 e. The summed E-state index contributed by atoms with van der Waals surface area (Å²) in [4.78, 5) is 21.0. The van der Waals surface area contributed by atoms with Gasteiger partial charge in [0, 0.05) is 10.1 Å². The van der Waals surface area contributed by atoms with Gasteiger partial charge in [0.15, 0.2) is 0 Å². The lowest BCUT2D eigenvalue weighted by Crippen LogP contribution is -2.47. The predicted octanol–water partition coefficient (Wildman–Crippen LogP) is 4.56. The van der Waals surface area contributed by atoms with Crippen LogP contribution in [0.3, 0.4) is 0 Å². The number of aromatic nitrogens is 2. The number of benzene rings is 2. The molecule has 1 N–H and O–H groups in total. The van der Waals surface area contributed by atoms with Crippen LogP contribution >= 0.6 is 22.6 Å². The number of carboxylic acid groups (broad SMARTS) is 1. The fourth-order valence-electron chi connectivity index (χ4n) is 3.28. The van der Waals surface area contributed by atoms with Gasteiger partial charge in [-0.15, -0.1) is 0 Å². The summed E-state index contributed by atoms with van der Waals surface area (Å²) in [5.41, 5.74) is 2.28. The standard InChI is InChI=1S/C22H21IN2O3/c1-15-13-18(14-23)25-21(24-15)28-19(20(26)27)22(2,16-9-5-3-6-10-16)17-11-7-4-8-12-17/h3-13,19H,14H2,1-2H3,(H,26,27)/t19-/m1/s1. The Morgan fingerprint density at radius 2 is 1.61 bits per heavy atom. The second-order valence-corrected chi connectivity index (χ2v) is 7.45. The first-order chi connectivity index (χ1) is 13.4. The monoisotopic (exact) mass is 488 g/mol. The second kappa shape index (κ2) is 8.68. The zero-order valence-electron chi connectivity index (χ0n) is 15.7. The third-order valence-electron chi connectivity index (χ3n) is 4.74. The van der Waals surface area contributed by atoms with Crippen molar-refractivity contribution in [3.05, 3.63) is 89.2 Å². The maximum absolute atomic E-state index is 12.4. The van der Waals surface area contributed by atoms with Crippen LogP contribution in [0.15, 0.2) is 66.7 Å². The summed E-state index contributed by atoms with van der Waals surface area (Å²) in [6.45, 7) is 3.72. The molecule has 28 heavy (non-hydrogen) atoms. The Morgan fingerprint density at radius 3 is 2.07 bits per heavy atom. The fourth-order valence-corrected chi connectivity index (χ4v) is 3.68. The normalized spacial score (nSPS) is 12.4. The minimum absolute atomic E-state index is 0.0807. The van der Waals surface area contributed by atoms with E-state index in [2.05, 4.69) is 32.6 Å². The summed E-state index contributed by atoms with van der Waals surface area (Å²) < 4.78 is 6.63. The topological polar surface area (TPSA) is 72.3 Å². The summed E-state index contributed by atoms with van der Waals surface area (Å²) >= 11 is 2.21. The molecule has 1 aromatic heterocycles. The van der Waals surface area contributed by atoms with Gasteiger partial charge in [-0.05, 0) is 31.0 Å². The summed E-state index contributed by atoms with van der Waals surface area (Å²) in [6, 6.07) is 21.0. The molecule has 5 nitrogen and oxygen atoms in total. The SMILES string of the molecule is Cc1cc(CI)nc(O[C@H](C(=O)O)C(C)(c2ccccc2)c2ccccc2)n1. The van der Waals surface area contributed by atoms with Crippen molar-refractivity contribution in [2.75, 3.05) is 0 Å². The summed E-state index contributed by atoms with van der Waals surface area (Å²) in [5.74, 6) is -1.07. The van der Waals surface area contributed by atoms with E-state index in [9.17, 15) is 9.90 Å². The molecule has 144 valence electrons. The molecular weight excluding hydrogens is 467 g/mol. The van der Waals surface area contributed by atoms with Crippen molar-refractivity contribution in [2.24, 2.45) is 0 Å². The molecule has 2 aromatic carbocycles. The van der Waals surface area contributed by atoms with Crippen LogP contribution in [-0.2, 0) is 14.6 Å². The van der Waals surface area contributed by atoms with E-state index in [0.29, 0.717) is 4.43 Å². The Bertz CT molecular complexity index is 909. The highest BCUT2D eigenvalue weighted by Crippen LogP contribution is 2.37. The molecule has 0 aliphatic carbocycles. The third kappa shape index (κ3) is 4.16. The molecule has 0 saturated heterocycles. The Balaban J connectivity index is 2.13. The number of halogens is 1. The Labute approximate surface area is 178 Å². The Morgan fingerprint density at radius 1 is 1.07 bits per heavy atom. The van der Waals surface area contributed by atoms with E-state index in [1.54, 1.807) is 0 Å². The molecule has 0 radical (unpaired) electrons. The van der Waals surface area contributed by atoms with Gasteiger partial charge in [0.25, 0.3) is 0 Å². The first kappa shape index (κ1) is 20.3. The number of ether oxygens (including phenoxy) is 1. The smallest absolute Gasteiger partial charge is 0.346 e. The average Bonchev–Trinajstić information content (AvgIpc) is 2.72. The molecule has 0 amide bonds. The third-order valence-corrected chi connectivity index (χ3v) is 5.52. The molecule has 0 spiro atoms. The molecule has 0 fully saturated rings. The second-order valence-electron chi connectivity index (χ2n) is 6.69. The molecule has 3 rings (SSSR count). The Kier molecular flexibility index (Phi) is 6.28. The molecule has 0 saturated carbocycles. The lowest BCUT2D eigenvalue weighted by Gasteiger charge is -2.35. The first-order valence-electron chi connectivity index (χ1n) is 8.86. The number of aryl methyl sites for hydroxylation is 1. The highest BCUT2D eigenvalue weighted by atomic mass is 127. The van der Waals surface area contributed by atoms with Crippen LogP contribution < -0.4 is 4.74 Å². The van der Waals surface area contributed by atoms with E-state index < -0.39 is 17.5 Å². The van der Waals surface area contributed by atoms with Crippen LogP contribution in [0.5, 0.6) is 6.01 Å². The molecule has 1 heterocycles. The number of rotatable bonds is 7. The van der Waals surface area contributed by atoms with Gasteiger partial charge in [0.05, 0.1) is 11.1 Å². The van der Waals surface area contributed by atoms with E-state index in [4.69, 9.17) is 4.74 Å². The lowest BCUT2D eigenvalue weighted by atomic mass is 9.72. The molecule has 6 heteroatoms. The van der Waals surface area contributed by atoms with Crippen LogP contribution in [0.25, 0.3) is 0 Å². The van der Waals surface area contributed by atoms with Gasteiger partial charge in [0.2, 0.25) is 6.10 Å². The van der Waals surface area contributed by atoms with Crippen LogP contribution in [0, 0.1) is 6.92 Å². The number of hydrogen-bond acceptors (Lipinski definition) is 4. The van der Waals surface area contributed by atoms with Gasteiger partial charge in [-0.3, -0.25) is 0 Å². The number of aliphatic carboxylic acids is 1. The molecule has 0 aliphatic rings. The van der Waals surface area contributed by atoms with Gasteiger partial charge in [-0.2, -0.15) is 4.98 Å². The van der Waals surface area contributed by atoms with E-state index in [-0.39, 0.29) is 6.01 Å². The van der Waals surface area contributed by atoms with Gasteiger partial charge < -0.3 is 9.84 Å². The minimum atomic E-state index is -1.21. The minimum Gasteiger partial charge on any atom is -0.478 e. The zero-order chi connectivity index (χ0) is 20.1. The molecule has 0 aliphatic heterocycles. The molecule has 0 unspecified atom stereocenters. The number of nitrogens with zero attached hydrogens (tertiary/aromatic N) is 2. The summed E-state index contributed by atoms with van der Waals surface area (Å²) in [5, 5.41) is 10.1. The molecular formula is C22H21IN2O3. The first-order valence-corrected chi connectivity index (χ1v) is 10.4. The van der Waals surface area contributed by atoms with Gasteiger partial charge in [-0.25, -0.2) is 9.78 Å². The lowest BCUT2D eigenvalue weighted by molar-refractivity contribution is -0.148. The largest absolute Gasteiger partial charge is 0.478 e. The van der Waals surface area contributed by atoms with E-state index in [1.807, 2.05) is 80.6 Å². The van der Waals surface area contributed by atoms with E-state index in [0.717, 1.165) is 22.5 Å². The van der Waals surface area contributed by atoms with Gasteiger partial charge >= 0.3 is 12.0 Å². The van der Waals surface area contributed by atoms with E-state index >= 15 is 0 Å². The highest BCUT2D eigenvalue weighted by Gasteiger charge is 2.44. The van der Waals surface area contributed by atoms with Crippen molar-refractivity contribution < 1.29 is 14.6 Å². The van der Waals surface area contributed by atoms with Crippen molar-refractivity contribution in [1.82, 2.24) is 9.97 Å². The van der Waals surface area contributed by atoms with Crippen LogP contribution in [-0.4, -0.2) is 27.1 Å². The van der Waals surface area contributed by atoms with Crippen molar-refractivity contribution in [3.63, 3.8) is 0 Å². The maximum atomic E-state index is 12.4. The fraction of sp³-hybridized carbons (Fsp3) is 0.227. The zero-order valence-corrected chi connectivity index (χ0v) is 17.8. The molecule has 3 aromatic rings. The molecule has 0 bridgehead atoms. The average molecular weight is 488 g/mol. The summed E-state index contributed by atoms with van der Waals surface area (Å²) in [7, 11) is 0. The van der Waals surface area contributed by atoms with Crippen LogP contribution in [0.2, 0.25) is 0 Å². The van der Waals surface area contributed by atoms with Crippen LogP contribution in [0.1, 0.15) is 29.4 Å². The predicted molar refractivity (Wildman–Crippen MR) is 116 cm³/mol. The number of carboxylic acids is 1. The van der Waals surface area contributed by atoms with E-state index in [1.165, 1.54) is 0 Å². The van der Waals surface area contributed by atoms with Gasteiger partial charge in [-0.1, -0.05) is 83.3 Å². The van der Waals surface area contributed by atoms with Crippen molar-refractivity contribution in [1.29, 1.82) is 0 Å². The molecule has 1 atom stereocenters. The number of alkyl halides is 1. The number of hydrogen-bond donors (Lipinski definition) is 1. The van der Waals surface area contributed by atoms with Gasteiger partial charge in [0.1, 0.15) is 0 Å². The van der Waals surface area contributed by atoms with Crippen molar-refractivity contribution in [3.8, 4) is 6.01 Å². The quantitative estimate of drug-likeness (QED) is 0.390. The Hall–Kier alpha value is -2.48. The van der Waals surface area contributed by atoms with Crippen molar-refractivity contribution >= 4 is 28.6 Å². The number of carbonyl (C=O) groups is 1. The van der Waals surface area contributed by atoms with Crippen molar-refractivity contribution in [2.45, 2.75) is 29.8 Å².